The summed E-state index contributed by atoms with van der Waals surface area (Å²) in [6, 6.07) is 6.42. The fraction of sp³-hybridized carbons (Fsp3) is 0.571. The molecular formula is C14H17ClF3NO2. The molecule has 1 aromatic carbocycles. The number of methoxy groups -OCH3 is 1. The van der Waals surface area contributed by atoms with E-state index < -0.39 is 17.0 Å². The van der Waals surface area contributed by atoms with Gasteiger partial charge in [0.25, 0.3) is 0 Å². The predicted octanol–water partition coefficient (Wildman–Crippen LogP) is 2.99. The number of hydrogen-bond donors (Lipinski definition) is 1. The van der Waals surface area contributed by atoms with Crippen LogP contribution in [0.15, 0.2) is 24.3 Å². The molecule has 1 aliphatic heterocycles. The zero-order valence-corrected chi connectivity index (χ0v) is 12.5. The first-order valence-electron chi connectivity index (χ1n) is 6.53. The van der Waals surface area contributed by atoms with E-state index >= 15 is 0 Å². The van der Waals surface area contributed by atoms with Crippen LogP contribution in [-0.2, 0) is 9.73 Å². The Kier molecular flexibility index (Phi) is 4.28. The van der Waals surface area contributed by atoms with E-state index in [9.17, 15) is 18.3 Å². The number of hydrogen-bond acceptors (Lipinski definition) is 3. The average Bonchev–Trinajstić information content (AvgIpc) is 2.34. The lowest BCUT2D eigenvalue weighted by Crippen LogP contribution is -2.69. The zero-order valence-electron chi connectivity index (χ0n) is 11.7. The Bertz CT molecular complexity index is 521. The van der Waals surface area contributed by atoms with Gasteiger partial charge in [-0.25, -0.2) is 0 Å². The molecule has 1 heterocycles. The van der Waals surface area contributed by atoms with E-state index in [2.05, 4.69) is 4.74 Å². The van der Waals surface area contributed by atoms with Crippen molar-refractivity contribution >= 4 is 11.6 Å². The molecule has 0 aromatic heterocycles. The lowest BCUT2D eigenvalue weighted by molar-refractivity contribution is -0.391. The predicted molar refractivity (Wildman–Crippen MR) is 72.9 cm³/mol. The third-order valence-corrected chi connectivity index (χ3v) is 4.62. The molecule has 0 aliphatic carbocycles. The number of aliphatic hydroxyl groups is 1. The van der Waals surface area contributed by atoms with E-state index in [0.29, 0.717) is 18.7 Å². The molecule has 118 valence electrons. The van der Waals surface area contributed by atoms with Gasteiger partial charge in [-0.1, -0.05) is 35.9 Å². The Morgan fingerprint density at radius 1 is 1.24 bits per heavy atom. The second kappa shape index (κ2) is 5.43. The number of halogens is 4. The lowest BCUT2D eigenvalue weighted by Gasteiger charge is -2.52. The zero-order chi connectivity index (χ0) is 15.9. The smallest absolute Gasteiger partial charge is 0.356 e. The van der Waals surface area contributed by atoms with Crippen LogP contribution in [0.2, 0.25) is 0 Å². The van der Waals surface area contributed by atoms with Gasteiger partial charge in [-0.3, -0.25) is 4.90 Å². The van der Waals surface area contributed by atoms with E-state index in [1.165, 1.54) is 11.0 Å². The highest BCUT2D eigenvalue weighted by atomic mass is 35.5. The van der Waals surface area contributed by atoms with Gasteiger partial charge in [0.15, 0.2) is 5.00 Å². The van der Waals surface area contributed by atoms with Crippen molar-refractivity contribution in [1.29, 1.82) is 0 Å². The SMILES string of the molecule is COC(O)(C(F)(F)F)C(Cl)(c1ccccc1C)N1CCC1. The monoisotopic (exact) mass is 323 g/mol. The molecule has 1 fully saturated rings. The highest BCUT2D eigenvalue weighted by molar-refractivity contribution is 6.24. The van der Waals surface area contributed by atoms with Gasteiger partial charge < -0.3 is 9.84 Å². The van der Waals surface area contributed by atoms with Crippen molar-refractivity contribution in [3.63, 3.8) is 0 Å². The minimum atomic E-state index is -5.04. The molecule has 1 saturated heterocycles. The van der Waals surface area contributed by atoms with Crippen LogP contribution in [-0.4, -0.2) is 42.2 Å². The number of benzene rings is 1. The van der Waals surface area contributed by atoms with E-state index in [-0.39, 0.29) is 5.56 Å². The topological polar surface area (TPSA) is 32.7 Å². The number of likely N-dealkylation sites (tertiary alicyclic amines) is 1. The number of alkyl halides is 4. The molecule has 0 radical (unpaired) electrons. The Hall–Kier alpha value is -0.820. The van der Waals surface area contributed by atoms with E-state index in [1.54, 1.807) is 25.1 Å². The fourth-order valence-corrected chi connectivity index (χ4v) is 3.14. The molecule has 0 amide bonds. The minimum absolute atomic E-state index is 0.188. The first-order chi connectivity index (χ1) is 9.68. The Labute approximate surface area is 126 Å². The first kappa shape index (κ1) is 16.5. The molecule has 7 heteroatoms. The Balaban J connectivity index is 2.65. The van der Waals surface area contributed by atoms with Gasteiger partial charge in [-0.15, -0.1) is 0 Å². The molecule has 0 spiro atoms. The second-order valence-corrected chi connectivity index (χ2v) is 5.67. The van der Waals surface area contributed by atoms with Gasteiger partial charge in [0.05, 0.1) is 0 Å². The summed E-state index contributed by atoms with van der Waals surface area (Å²) in [5, 5.41) is 10.3. The maximum atomic E-state index is 13.5. The van der Waals surface area contributed by atoms with E-state index in [4.69, 9.17) is 11.6 Å². The van der Waals surface area contributed by atoms with Crippen LogP contribution in [0.3, 0.4) is 0 Å². The van der Waals surface area contributed by atoms with Crippen molar-refractivity contribution in [2.45, 2.75) is 30.3 Å². The first-order valence-corrected chi connectivity index (χ1v) is 6.90. The second-order valence-electron chi connectivity index (χ2n) is 5.12. The number of rotatable bonds is 4. The highest BCUT2D eigenvalue weighted by Gasteiger charge is 2.70. The average molecular weight is 324 g/mol. The molecule has 1 N–H and O–H groups in total. The van der Waals surface area contributed by atoms with Crippen molar-refractivity contribution in [3.05, 3.63) is 35.4 Å². The van der Waals surface area contributed by atoms with Crippen LogP contribution in [0.5, 0.6) is 0 Å². The molecule has 2 atom stereocenters. The fourth-order valence-electron chi connectivity index (χ4n) is 2.57. The van der Waals surface area contributed by atoms with Crippen molar-refractivity contribution in [2.24, 2.45) is 0 Å². The summed E-state index contributed by atoms with van der Waals surface area (Å²) in [5.41, 5.74) is 0.743. The minimum Gasteiger partial charge on any atom is -0.356 e. The van der Waals surface area contributed by atoms with E-state index in [0.717, 1.165) is 13.5 Å². The third-order valence-electron chi connectivity index (χ3n) is 3.92. The summed E-state index contributed by atoms with van der Waals surface area (Å²) in [6.07, 6.45) is -4.32. The molecule has 2 unspecified atom stereocenters. The van der Waals surface area contributed by atoms with Gasteiger partial charge in [0.1, 0.15) is 0 Å². The van der Waals surface area contributed by atoms with Crippen LogP contribution in [0.1, 0.15) is 17.5 Å². The van der Waals surface area contributed by atoms with Crippen LogP contribution < -0.4 is 0 Å². The Morgan fingerprint density at radius 3 is 2.19 bits per heavy atom. The number of nitrogens with zero attached hydrogens (tertiary/aromatic N) is 1. The van der Waals surface area contributed by atoms with Crippen molar-refractivity contribution in [1.82, 2.24) is 4.90 Å². The third kappa shape index (κ3) is 2.34. The summed E-state index contributed by atoms with van der Waals surface area (Å²) in [4.78, 5) is -0.836. The van der Waals surface area contributed by atoms with Gasteiger partial charge in [0.2, 0.25) is 0 Å². The largest absolute Gasteiger partial charge is 0.446 e. The normalized spacial score (nSPS) is 22.2. The molecule has 2 rings (SSSR count). The number of ether oxygens (including phenoxy) is 1. The molecule has 3 nitrogen and oxygen atoms in total. The van der Waals surface area contributed by atoms with Crippen molar-refractivity contribution in [2.75, 3.05) is 20.2 Å². The summed E-state index contributed by atoms with van der Waals surface area (Å²) < 4.78 is 44.8. The van der Waals surface area contributed by atoms with Gasteiger partial charge in [0, 0.05) is 20.2 Å². The molecule has 1 aliphatic rings. The summed E-state index contributed by atoms with van der Waals surface area (Å²) >= 11 is 6.39. The summed E-state index contributed by atoms with van der Waals surface area (Å²) in [7, 11) is 0.808. The standard InChI is InChI=1S/C14H17ClF3NO2/c1-10-6-3-4-7-11(10)12(15,19-8-5-9-19)13(20,21-2)14(16,17)18/h3-4,6-7,20H,5,8-9H2,1-2H3. The summed E-state index contributed by atoms with van der Waals surface area (Å²) in [5.74, 6) is -3.51. The van der Waals surface area contributed by atoms with Crippen LogP contribution in [0.25, 0.3) is 0 Å². The van der Waals surface area contributed by atoms with Crippen LogP contribution in [0.4, 0.5) is 13.2 Å². The van der Waals surface area contributed by atoms with Crippen molar-refractivity contribution in [3.8, 4) is 0 Å². The van der Waals surface area contributed by atoms with Gasteiger partial charge >= 0.3 is 12.0 Å². The quantitative estimate of drug-likeness (QED) is 0.525. The van der Waals surface area contributed by atoms with Crippen LogP contribution >= 0.6 is 11.6 Å². The highest BCUT2D eigenvalue weighted by Crippen LogP contribution is 2.53. The van der Waals surface area contributed by atoms with Crippen LogP contribution in [0, 0.1) is 6.92 Å². The van der Waals surface area contributed by atoms with Crippen molar-refractivity contribution < 1.29 is 23.0 Å². The molecule has 1 aromatic rings. The summed E-state index contributed by atoms with van der Waals surface area (Å²) in [6.45, 7) is 2.37. The lowest BCUT2D eigenvalue weighted by atomic mass is 9.89. The molecular weight excluding hydrogens is 307 g/mol. The van der Waals surface area contributed by atoms with E-state index in [1.807, 2.05) is 0 Å². The maximum absolute atomic E-state index is 13.5. The molecule has 0 bridgehead atoms. The number of aryl methyl sites for hydroxylation is 1. The molecule has 0 saturated carbocycles. The van der Waals surface area contributed by atoms with Gasteiger partial charge in [-0.05, 0) is 24.5 Å². The Morgan fingerprint density at radius 2 is 1.81 bits per heavy atom. The maximum Gasteiger partial charge on any atom is 0.446 e. The van der Waals surface area contributed by atoms with Gasteiger partial charge in [-0.2, -0.15) is 13.2 Å². The molecule has 21 heavy (non-hydrogen) atoms.